The van der Waals surface area contributed by atoms with E-state index < -0.39 is 5.97 Å². The van der Waals surface area contributed by atoms with Gasteiger partial charge in [0.25, 0.3) is 0 Å². The van der Waals surface area contributed by atoms with Crippen molar-refractivity contribution in [2.75, 3.05) is 0 Å². The van der Waals surface area contributed by atoms with Crippen molar-refractivity contribution in [1.82, 2.24) is 0 Å². The molecule has 0 aromatic rings. The molecule has 2 nitrogen and oxygen atoms in total. The van der Waals surface area contributed by atoms with Crippen molar-refractivity contribution < 1.29 is 9.90 Å². The lowest BCUT2D eigenvalue weighted by Gasteiger charge is -2.04. The van der Waals surface area contributed by atoms with Gasteiger partial charge in [-0.25, -0.2) is 0 Å². The Hall–Kier alpha value is -0.530. The first kappa shape index (κ1) is 35.5. The van der Waals surface area contributed by atoms with Crippen LogP contribution in [-0.4, -0.2) is 11.1 Å². The highest BCUT2D eigenvalue weighted by atomic mass is 16.4. The van der Waals surface area contributed by atoms with Gasteiger partial charge in [0.05, 0.1) is 0 Å². The van der Waals surface area contributed by atoms with Crippen molar-refractivity contribution in [2.24, 2.45) is 0 Å². The molecule has 0 spiro atoms. The minimum Gasteiger partial charge on any atom is -0.481 e. The van der Waals surface area contributed by atoms with Crippen molar-refractivity contribution in [3.8, 4) is 0 Å². The molecule has 0 aliphatic rings. The minimum absolute atomic E-state index is 0.347. The quantitative estimate of drug-likeness (QED) is 0.0917. The molecule has 0 aliphatic heterocycles. The Morgan fingerprint density at radius 1 is 0.333 bits per heavy atom. The fraction of sp³-hybridized carbons (Fsp3) is 0.971. The summed E-state index contributed by atoms with van der Waals surface area (Å²) in [5, 5.41) is 8.62. The fourth-order valence-corrected chi connectivity index (χ4v) is 5.48. The third-order valence-corrected chi connectivity index (χ3v) is 7.99. The fourth-order valence-electron chi connectivity index (χ4n) is 5.48. The van der Waals surface area contributed by atoms with Gasteiger partial charge in [-0.05, 0) is 6.42 Å². The Labute approximate surface area is 228 Å². The van der Waals surface area contributed by atoms with Crippen molar-refractivity contribution in [1.29, 1.82) is 0 Å². The largest absolute Gasteiger partial charge is 0.481 e. The standard InChI is InChI=1S/C34H68O2/c1-2-3-4-5-6-7-8-9-10-11-12-13-14-15-16-17-18-19-20-21-22-23-24-25-26-27-28-29-30-31-32-33-34(35)36/h2-33H2,1H3,(H,35,36). The number of carboxylic acids is 1. The van der Waals surface area contributed by atoms with Gasteiger partial charge < -0.3 is 5.11 Å². The molecule has 0 fully saturated rings. The van der Waals surface area contributed by atoms with Gasteiger partial charge in [-0.1, -0.05) is 200 Å². The monoisotopic (exact) mass is 509 g/mol. The molecule has 0 saturated heterocycles. The number of carboxylic acid groups (broad SMARTS) is 1. The smallest absolute Gasteiger partial charge is 0.303 e. The summed E-state index contributed by atoms with van der Waals surface area (Å²) in [4.78, 5) is 10.5. The second-order valence-electron chi connectivity index (χ2n) is 11.8. The molecule has 0 rings (SSSR count). The second-order valence-corrected chi connectivity index (χ2v) is 11.8. The summed E-state index contributed by atoms with van der Waals surface area (Å²) >= 11 is 0. The van der Waals surface area contributed by atoms with Gasteiger partial charge in [0.1, 0.15) is 0 Å². The SMILES string of the molecule is CCCCCCCCCCCCCCCCCCCCCCCCCCCCCCCCCC(=O)O. The summed E-state index contributed by atoms with van der Waals surface area (Å²) < 4.78 is 0. The second kappa shape index (κ2) is 32.5. The summed E-state index contributed by atoms with van der Waals surface area (Å²) in [6.07, 6.45) is 43.9. The predicted octanol–water partition coefficient (Wildman–Crippen LogP) is 12.6. The molecule has 216 valence electrons. The van der Waals surface area contributed by atoms with E-state index in [0.717, 1.165) is 12.8 Å². The van der Waals surface area contributed by atoms with Crippen LogP contribution in [0.1, 0.15) is 212 Å². The molecule has 2 heteroatoms. The molecule has 0 amide bonds. The Balaban J connectivity index is 3.02. The third kappa shape index (κ3) is 33.5. The van der Waals surface area contributed by atoms with Crippen LogP contribution in [0.2, 0.25) is 0 Å². The number of carbonyl (C=O) groups is 1. The van der Waals surface area contributed by atoms with Gasteiger partial charge in [0.2, 0.25) is 0 Å². The molecule has 0 aliphatic carbocycles. The van der Waals surface area contributed by atoms with Crippen LogP contribution < -0.4 is 0 Å². The van der Waals surface area contributed by atoms with E-state index in [0.29, 0.717) is 6.42 Å². The molecular weight excluding hydrogens is 440 g/mol. The molecule has 0 bridgehead atoms. The topological polar surface area (TPSA) is 37.3 Å². The number of hydrogen-bond donors (Lipinski definition) is 1. The summed E-state index contributed by atoms with van der Waals surface area (Å²) in [5.41, 5.74) is 0. The van der Waals surface area contributed by atoms with E-state index >= 15 is 0 Å². The average molecular weight is 509 g/mol. The highest BCUT2D eigenvalue weighted by molar-refractivity contribution is 5.66. The van der Waals surface area contributed by atoms with Crippen LogP contribution in [0, 0.1) is 0 Å². The van der Waals surface area contributed by atoms with Crippen LogP contribution in [-0.2, 0) is 4.79 Å². The first-order valence-corrected chi connectivity index (χ1v) is 17.0. The summed E-state index contributed by atoms with van der Waals surface area (Å²) in [6.45, 7) is 2.30. The molecule has 36 heavy (non-hydrogen) atoms. The van der Waals surface area contributed by atoms with Gasteiger partial charge in [0, 0.05) is 6.42 Å². The molecule has 0 unspecified atom stereocenters. The third-order valence-electron chi connectivity index (χ3n) is 7.99. The van der Waals surface area contributed by atoms with Crippen LogP contribution in [0.15, 0.2) is 0 Å². The maximum Gasteiger partial charge on any atom is 0.303 e. The lowest BCUT2D eigenvalue weighted by molar-refractivity contribution is -0.137. The number of unbranched alkanes of at least 4 members (excludes halogenated alkanes) is 30. The Morgan fingerprint density at radius 3 is 0.667 bits per heavy atom. The lowest BCUT2D eigenvalue weighted by atomic mass is 10.0. The first-order valence-electron chi connectivity index (χ1n) is 17.0. The molecular formula is C34H68O2. The van der Waals surface area contributed by atoms with Gasteiger partial charge in [-0.2, -0.15) is 0 Å². The molecule has 0 saturated carbocycles. The maximum absolute atomic E-state index is 10.5. The Kier molecular flexibility index (Phi) is 32.0. The minimum atomic E-state index is -0.648. The van der Waals surface area contributed by atoms with Crippen molar-refractivity contribution in [3.05, 3.63) is 0 Å². The number of aliphatic carboxylic acids is 1. The molecule has 0 aromatic heterocycles. The first-order chi connectivity index (χ1) is 17.8. The van der Waals surface area contributed by atoms with Crippen LogP contribution >= 0.6 is 0 Å². The Morgan fingerprint density at radius 2 is 0.500 bits per heavy atom. The van der Waals surface area contributed by atoms with E-state index in [4.69, 9.17) is 5.11 Å². The highest BCUT2D eigenvalue weighted by Crippen LogP contribution is 2.16. The predicted molar refractivity (Wildman–Crippen MR) is 161 cm³/mol. The van der Waals surface area contributed by atoms with Crippen LogP contribution in [0.3, 0.4) is 0 Å². The average Bonchev–Trinajstić information content (AvgIpc) is 2.87. The van der Waals surface area contributed by atoms with Crippen molar-refractivity contribution >= 4 is 5.97 Å². The molecule has 0 radical (unpaired) electrons. The van der Waals surface area contributed by atoms with E-state index in [2.05, 4.69) is 6.92 Å². The summed E-state index contributed by atoms with van der Waals surface area (Å²) in [6, 6.07) is 0. The normalized spacial score (nSPS) is 11.4. The van der Waals surface area contributed by atoms with Gasteiger partial charge >= 0.3 is 5.97 Å². The number of rotatable bonds is 32. The van der Waals surface area contributed by atoms with Gasteiger partial charge in [0.15, 0.2) is 0 Å². The van der Waals surface area contributed by atoms with Crippen molar-refractivity contribution in [2.45, 2.75) is 212 Å². The lowest BCUT2D eigenvalue weighted by Crippen LogP contribution is -1.93. The zero-order chi connectivity index (χ0) is 26.2. The Bertz CT molecular complexity index is 406. The van der Waals surface area contributed by atoms with E-state index in [1.807, 2.05) is 0 Å². The van der Waals surface area contributed by atoms with Crippen LogP contribution in [0.4, 0.5) is 0 Å². The zero-order valence-electron chi connectivity index (χ0n) is 25.0. The van der Waals surface area contributed by atoms with Crippen LogP contribution in [0.5, 0.6) is 0 Å². The number of hydrogen-bond acceptors (Lipinski definition) is 1. The van der Waals surface area contributed by atoms with E-state index in [1.54, 1.807) is 0 Å². The van der Waals surface area contributed by atoms with E-state index in [9.17, 15) is 4.79 Å². The zero-order valence-corrected chi connectivity index (χ0v) is 25.0. The molecule has 1 N–H and O–H groups in total. The molecule has 0 atom stereocenters. The maximum atomic E-state index is 10.5. The summed E-state index contributed by atoms with van der Waals surface area (Å²) in [7, 11) is 0. The van der Waals surface area contributed by atoms with Gasteiger partial charge in [-0.3, -0.25) is 4.79 Å². The van der Waals surface area contributed by atoms with E-state index in [1.165, 1.54) is 186 Å². The summed E-state index contributed by atoms with van der Waals surface area (Å²) in [5.74, 6) is -0.648. The van der Waals surface area contributed by atoms with Crippen LogP contribution in [0.25, 0.3) is 0 Å². The highest BCUT2D eigenvalue weighted by Gasteiger charge is 1.98. The van der Waals surface area contributed by atoms with E-state index in [-0.39, 0.29) is 0 Å². The van der Waals surface area contributed by atoms with Gasteiger partial charge in [-0.15, -0.1) is 0 Å². The van der Waals surface area contributed by atoms with Crippen molar-refractivity contribution in [3.63, 3.8) is 0 Å². The molecule has 0 aromatic carbocycles. The molecule has 0 heterocycles.